The first kappa shape index (κ1) is 59.7. The Bertz CT molecular complexity index is 1380. The van der Waals surface area contributed by atoms with Gasteiger partial charge in [0.1, 0.15) is 0 Å². The van der Waals surface area contributed by atoms with Crippen LogP contribution in [0.2, 0.25) is 0 Å². The van der Waals surface area contributed by atoms with Crippen LogP contribution in [0.4, 0.5) is 0 Å². The van der Waals surface area contributed by atoms with Crippen LogP contribution in [0, 0.1) is 47.3 Å². The number of benzene rings is 4. The fourth-order valence-electron chi connectivity index (χ4n) is 4.85. The molecule has 0 fully saturated rings. The summed E-state index contributed by atoms with van der Waals surface area (Å²) in [7, 11) is 0. The second-order valence-corrected chi connectivity index (χ2v) is 11.6. The molecule has 0 aromatic heterocycles. The maximum Gasteiger partial charge on any atom is 0.159 e. The van der Waals surface area contributed by atoms with Gasteiger partial charge in [0.05, 0.1) is 6.29 Å². The van der Waals surface area contributed by atoms with Gasteiger partial charge >= 0.3 is 0 Å². The van der Waals surface area contributed by atoms with Gasteiger partial charge in [0.15, 0.2) is 5.78 Å². The zero-order valence-corrected chi connectivity index (χ0v) is 41.2. The molecule has 4 aromatic carbocycles. The van der Waals surface area contributed by atoms with Crippen LogP contribution in [0.25, 0.3) is 22.3 Å². The van der Waals surface area contributed by atoms with Crippen molar-refractivity contribution in [2.75, 3.05) is 0 Å². The summed E-state index contributed by atoms with van der Waals surface area (Å²) in [4.78, 5) is 22.0. The van der Waals surface area contributed by atoms with Gasteiger partial charge in [0, 0.05) is 71.0 Å². The van der Waals surface area contributed by atoms with E-state index in [1.54, 1.807) is 13.0 Å². The number of carbonyl (C=O) groups is 1. The smallest absolute Gasteiger partial charge is 0.159 e. The van der Waals surface area contributed by atoms with Crippen LogP contribution >= 0.6 is 0 Å². The monoisotopic (exact) mass is 856 g/mol. The van der Waals surface area contributed by atoms with E-state index in [0.717, 1.165) is 27.8 Å². The van der Waals surface area contributed by atoms with Crippen molar-refractivity contribution in [2.45, 2.75) is 141 Å². The molecule has 0 spiro atoms. The first-order valence-corrected chi connectivity index (χ1v) is 18.7. The van der Waals surface area contributed by atoms with Crippen molar-refractivity contribution < 1.29 is 75.0 Å². The van der Waals surface area contributed by atoms with E-state index >= 15 is 0 Å². The summed E-state index contributed by atoms with van der Waals surface area (Å²) in [6.45, 7) is 26.7. The van der Waals surface area contributed by atoms with Crippen molar-refractivity contribution in [3.05, 3.63) is 126 Å². The first-order chi connectivity index (χ1) is 23.6. The van der Waals surface area contributed by atoms with Gasteiger partial charge in [0.25, 0.3) is 0 Å². The van der Waals surface area contributed by atoms with Gasteiger partial charge < -0.3 is 12.2 Å². The van der Waals surface area contributed by atoms with Gasteiger partial charge in [-0.25, -0.2) is 0 Å². The number of carbonyl (C=O) groups excluding carboxylic acids is 2. The molecule has 0 saturated carbocycles. The van der Waals surface area contributed by atoms with Crippen LogP contribution in [0.15, 0.2) is 72.8 Å². The van der Waals surface area contributed by atoms with Crippen LogP contribution in [0.3, 0.4) is 0 Å². The van der Waals surface area contributed by atoms with Gasteiger partial charge in [-0.05, 0) is 36.6 Å². The SMILES string of the molecule is CC.CC.CC(=O)c1ccc(-c2ccc([C-]=O)cc2C)c(C)c1.CCCCCC.CCCCCC.Cc1c[c-]ccc1-c1cc[c-]cc1C.[CH3-].[Y].[Y]. The minimum atomic E-state index is 0. The Hall–Kier alpha value is -1.57. The molecular formula is C48H70O2Y2-4. The topological polar surface area (TPSA) is 34.1 Å². The molecule has 0 bridgehead atoms. The Labute approximate surface area is 372 Å². The standard InChI is InChI=1S/C17H15O2.C14H12.2C6H14.2C2H6.CH3.2Y/c1-11-8-14(10-18)4-6-16(11)17-7-5-15(13(3)19)9-12(17)2;1-11-7-3-5-9-13(11)14-10-6-4-8-12(14)2;2*1-3-5-6-4-2;2*1-2;;;/h4-9H,1-3H3;5-10H,1-2H3;2*3-6H2,1-2H3;2*1-2H3;1H3;;/q-1;-2;;;;;-1;;. The van der Waals surface area contributed by atoms with Crippen LogP contribution in [-0.2, 0) is 70.2 Å². The first-order valence-electron chi connectivity index (χ1n) is 18.7. The Morgan fingerprint density at radius 3 is 1.19 bits per heavy atom. The number of aryl methyl sites for hydroxylation is 4. The molecule has 0 unspecified atom stereocenters. The second-order valence-electron chi connectivity index (χ2n) is 11.6. The molecule has 284 valence electrons. The molecule has 0 amide bonds. The molecule has 4 heteroatoms. The summed E-state index contributed by atoms with van der Waals surface area (Å²) in [6.07, 6.45) is 13.0. The van der Waals surface area contributed by atoms with E-state index in [1.807, 2.05) is 102 Å². The van der Waals surface area contributed by atoms with Crippen LogP contribution < -0.4 is 0 Å². The van der Waals surface area contributed by atoms with Crippen molar-refractivity contribution in [1.82, 2.24) is 0 Å². The Balaban J connectivity index is -0.000000197. The predicted molar refractivity (Wildman–Crippen MR) is 224 cm³/mol. The number of hydrogen-bond acceptors (Lipinski definition) is 2. The van der Waals surface area contributed by atoms with Crippen molar-refractivity contribution in [3.63, 3.8) is 0 Å². The average Bonchev–Trinajstić information content (AvgIpc) is 3.13. The molecular weight excluding hydrogens is 786 g/mol. The average molecular weight is 857 g/mol. The van der Waals surface area contributed by atoms with E-state index in [1.165, 1.54) is 73.6 Å². The fourth-order valence-corrected chi connectivity index (χ4v) is 4.85. The normalized spacial score (nSPS) is 8.79. The van der Waals surface area contributed by atoms with E-state index in [9.17, 15) is 9.59 Å². The quantitative estimate of drug-likeness (QED) is 0.0905. The van der Waals surface area contributed by atoms with E-state index in [4.69, 9.17) is 0 Å². The van der Waals surface area contributed by atoms with Crippen molar-refractivity contribution in [1.29, 1.82) is 0 Å². The largest absolute Gasteiger partial charge is 0.376 e. The number of ketones is 1. The third kappa shape index (κ3) is 24.7. The molecule has 0 aliphatic heterocycles. The third-order valence-electron chi connectivity index (χ3n) is 7.61. The van der Waals surface area contributed by atoms with Crippen molar-refractivity contribution >= 4 is 12.1 Å². The number of hydrogen-bond donors (Lipinski definition) is 0. The molecule has 0 aliphatic rings. The number of rotatable bonds is 10. The molecule has 52 heavy (non-hydrogen) atoms. The Morgan fingerprint density at radius 1 is 0.558 bits per heavy atom. The van der Waals surface area contributed by atoms with Gasteiger partial charge in [-0.15, -0.1) is 17.2 Å². The Kier molecular flexibility index (Phi) is 44.9. The summed E-state index contributed by atoms with van der Waals surface area (Å²) in [5.74, 6) is 0.0669. The second kappa shape index (κ2) is 39.1. The summed E-state index contributed by atoms with van der Waals surface area (Å²) in [5, 5.41) is 0. The van der Waals surface area contributed by atoms with Crippen molar-refractivity contribution in [2.24, 2.45) is 0 Å². The summed E-state index contributed by atoms with van der Waals surface area (Å²) >= 11 is 0. The van der Waals surface area contributed by atoms with Gasteiger partial charge in [0.2, 0.25) is 0 Å². The zero-order valence-electron chi connectivity index (χ0n) is 35.6. The number of Topliss-reactive ketones (excluding diaryl/α,β-unsaturated/α-hetero) is 1. The molecule has 2 radical (unpaired) electrons. The van der Waals surface area contributed by atoms with E-state index in [0.29, 0.717) is 5.56 Å². The molecule has 0 heterocycles. The van der Waals surface area contributed by atoms with Crippen molar-refractivity contribution in [3.8, 4) is 22.3 Å². The Morgan fingerprint density at radius 2 is 0.904 bits per heavy atom. The third-order valence-corrected chi connectivity index (χ3v) is 7.61. The summed E-state index contributed by atoms with van der Waals surface area (Å²) in [5.41, 5.74) is 10.6. The zero-order chi connectivity index (χ0) is 37.6. The van der Waals surface area contributed by atoms with E-state index in [2.05, 4.69) is 65.8 Å². The molecule has 0 N–H and O–H groups in total. The van der Waals surface area contributed by atoms with Gasteiger partial charge in [-0.2, -0.15) is 77.4 Å². The molecule has 4 aromatic rings. The predicted octanol–water partition coefficient (Wildman–Crippen LogP) is 14.9. The number of unbranched alkanes of at least 4 members (excludes halogenated alkanes) is 6. The van der Waals surface area contributed by atoms with Gasteiger partial charge in [-0.3, -0.25) is 4.79 Å². The van der Waals surface area contributed by atoms with E-state index < -0.39 is 0 Å². The van der Waals surface area contributed by atoms with Crippen LogP contribution in [0.1, 0.15) is 152 Å². The van der Waals surface area contributed by atoms with Gasteiger partial charge in [-0.1, -0.05) is 145 Å². The minimum Gasteiger partial charge on any atom is -0.376 e. The molecule has 0 aliphatic carbocycles. The summed E-state index contributed by atoms with van der Waals surface area (Å²) in [6, 6.07) is 29.5. The summed E-state index contributed by atoms with van der Waals surface area (Å²) < 4.78 is 0. The maximum atomic E-state index is 11.4. The molecule has 0 atom stereocenters. The molecule has 0 saturated heterocycles. The fraction of sp³-hybridized carbons (Fsp3) is 0.438. The van der Waals surface area contributed by atoms with E-state index in [-0.39, 0.29) is 78.6 Å². The minimum absolute atomic E-state index is 0. The molecule has 2 nitrogen and oxygen atoms in total. The maximum absolute atomic E-state index is 11.4. The van der Waals surface area contributed by atoms with Crippen LogP contribution in [0.5, 0.6) is 0 Å². The van der Waals surface area contributed by atoms with Crippen LogP contribution in [-0.4, -0.2) is 12.1 Å². The molecule has 4 rings (SSSR count).